The topological polar surface area (TPSA) is 74.6 Å². The zero-order valence-electron chi connectivity index (χ0n) is 5.00. The van der Waals surface area contributed by atoms with Gasteiger partial charge in [-0.2, -0.15) is 0 Å². The van der Waals surface area contributed by atoms with Gasteiger partial charge in [-0.25, -0.2) is 0 Å². The lowest BCUT2D eigenvalue weighted by molar-refractivity contribution is -0.153. The highest BCUT2D eigenvalue weighted by atomic mass is 16.5. The number of carbonyl (C=O) groups excluding carboxylic acids is 2. The molecule has 2 N–H and O–H groups in total. The van der Waals surface area contributed by atoms with Crippen molar-refractivity contribution in [3.05, 3.63) is 0 Å². The molecule has 0 amide bonds. The lowest BCUT2D eigenvalue weighted by Gasteiger charge is -1.96. The molecule has 0 fully saturated rings. The van der Waals surface area contributed by atoms with Gasteiger partial charge in [0.15, 0.2) is 0 Å². The molecule has 4 heteroatoms. The summed E-state index contributed by atoms with van der Waals surface area (Å²) in [5.74, 6) is -1.90. The third-order valence-electron chi connectivity index (χ3n) is 0.830. The molecule has 0 heterocycles. The van der Waals surface area contributed by atoms with E-state index in [4.69, 9.17) is 10.2 Å². The fourth-order valence-corrected chi connectivity index (χ4v) is 0.318. The van der Waals surface area contributed by atoms with E-state index in [1.165, 1.54) is 6.92 Å². The van der Waals surface area contributed by atoms with Crippen molar-refractivity contribution in [2.45, 2.75) is 19.6 Å². The molecule has 0 aliphatic carbocycles. The molecule has 0 saturated heterocycles. The second-order valence-corrected chi connectivity index (χ2v) is 1.51. The first-order valence-electron chi connectivity index (χ1n) is 2.52. The first-order valence-corrected chi connectivity index (χ1v) is 2.52. The molecule has 52 valence electrons. The molecule has 0 aromatic carbocycles. The van der Waals surface area contributed by atoms with Crippen LogP contribution in [0.25, 0.3) is 0 Å². The van der Waals surface area contributed by atoms with E-state index in [0.29, 0.717) is 0 Å². The average molecular weight is 132 g/mol. The summed E-state index contributed by atoms with van der Waals surface area (Å²) in [4.78, 5) is 20.5. The number of hydrogen-bond acceptors (Lipinski definition) is 4. The molecule has 0 aromatic rings. The Bertz CT molecular complexity index is 127. The Hall–Kier alpha value is -0.740. The second kappa shape index (κ2) is 3.32. The molecule has 9 heavy (non-hydrogen) atoms. The van der Waals surface area contributed by atoms with Crippen LogP contribution in [0.3, 0.4) is 0 Å². The largest absolute Gasteiger partial charge is 0.362 e. The minimum atomic E-state index is -2.14. The van der Waals surface area contributed by atoms with Gasteiger partial charge in [0.25, 0.3) is 5.78 Å². The zero-order chi connectivity index (χ0) is 7.44. The lowest BCUT2D eigenvalue weighted by Crippen LogP contribution is -2.27. The quantitative estimate of drug-likeness (QED) is 0.375. The maximum absolute atomic E-state index is 10.3. The van der Waals surface area contributed by atoms with Crippen LogP contribution in [0.1, 0.15) is 13.3 Å². The predicted molar refractivity (Wildman–Crippen MR) is 28.5 cm³/mol. The number of aliphatic hydroxyl groups is 2. The highest BCUT2D eigenvalue weighted by molar-refractivity contribution is 6.38. The van der Waals surface area contributed by atoms with Crippen molar-refractivity contribution in [3.8, 4) is 0 Å². The summed E-state index contributed by atoms with van der Waals surface area (Å²) in [6, 6.07) is 0. The molecule has 0 bridgehead atoms. The van der Waals surface area contributed by atoms with Crippen LogP contribution in [0, 0.1) is 0 Å². The number of Topliss-reactive ketones (excluding diaryl/α,β-unsaturated/α-hetero) is 2. The van der Waals surface area contributed by atoms with Crippen molar-refractivity contribution >= 4 is 11.6 Å². The summed E-state index contributed by atoms with van der Waals surface area (Å²) in [6.45, 7) is 1.47. The lowest BCUT2D eigenvalue weighted by atomic mass is 10.2. The first kappa shape index (κ1) is 8.26. The molecular weight excluding hydrogens is 124 g/mol. The van der Waals surface area contributed by atoms with Crippen LogP contribution in [-0.2, 0) is 9.59 Å². The van der Waals surface area contributed by atoms with Crippen LogP contribution in [0.5, 0.6) is 0 Å². The van der Waals surface area contributed by atoms with Gasteiger partial charge in [0.2, 0.25) is 12.1 Å². The van der Waals surface area contributed by atoms with E-state index in [1.54, 1.807) is 0 Å². The van der Waals surface area contributed by atoms with E-state index >= 15 is 0 Å². The number of carbonyl (C=O) groups is 2. The highest BCUT2D eigenvalue weighted by Gasteiger charge is 2.17. The molecule has 4 nitrogen and oxygen atoms in total. The van der Waals surface area contributed by atoms with E-state index in [1.807, 2.05) is 0 Å². The molecule has 0 spiro atoms. The van der Waals surface area contributed by atoms with Crippen LogP contribution in [-0.4, -0.2) is 28.1 Å². The van der Waals surface area contributed by atoms with Crippen molar-refractivity contribution in [1.82, 2.24) is 0 Å². The zero-order valence-corrected chi connectivity index (χ0v) is 5.00. The standard InChI is InChI=1S/C5H8O4/c1-2-3(6)4(7)5(8)9/h5,8-9H,2H2,1H3. The van der Waals surface area contributed by atoms with Crippen LogP contribution < -0.4 is 0 Å². The maximum atomic E-state index is 10.3. The third kappa shape index (κ3) is 2.34. The Balaban J connectivity index is 3.89. The minimum Gasteiger partial charge on any atom is -0.362 e. The molecule has 0 atom stereocenters. The molecule has 0 unspecified atom stereocenters. The van der Waals surface area contributed by atoms with E-state index in [-0.39, 0.29) is 6.42 Å². The monoisotopic (exact) mass is 132 g/mol. The van der Waals surface area contributed by atoms with Gasteiger partial charge in [-0.05, 0) is 0 Å². The summed E-state index contributed by atoms with van der Waals surface area (Å²) in [5, 5.41) is 16.2. The molecular formula is C5H8O4. The molecule has 0 aliphatic rings. The predicted octanol–water partition coefficient (Wildman–Crippen LogP) is -1.15. The van der Waals surface area contributed by atoms with Gasteiger partial charge in [0.05, 0.1) is 0 Å². The molecule has 0 rings (SSSR count). The molecule has 0 aliphatic heterocycles. The fraction of sp³-hybridized carbons (Fsp3) is 0.600. The Kier molecular flexibility index (Phi) is 3.05. The van der Waals surface area contributed by atoms with E-state index in [2.05, 4.69) is 0 Å². The number of hydrogen-bond donors (Lipinski definition) is 2. The van der Waals surface area contributed by atoms with Crippen molar-refractivity contribution < 1.29 is 19.8 Å². The molecule has 0 aromatic heterocycles. The summed E-state index contributed by atoms with van der Waals surface area (Å²) in [5.41, 5.74) is 0. The Morgan fingerprint density at radius 2 is 1.89 bits per heavy atom. The molecule has 0 radical (unpaired) electrons. The van der Waals surface area contributed by atoms with Gasteiger partial charge in [0, 0.05) is 6.42 Å². The van der Waals surface area contributed by atoms with Crippen molar-refractivity contribution in [2.24, 2.45) is 0 Å². The van der Waals surface area contributed by atoms with Crippen LogP contribution in [0.15, 0.2) is 0 Å². The van der Waals surface area contributed by atoms with E-state index in [9.17, 15) is 9.59 Å². The van der Waals surface area contributed by atoms with Gasteiger partial charge in [0.1, 0.15) is 0 Å². The summed E-state index contributed by atoms with van der Waals surface area (Å²) in [6.07, 6.45) is -2.13. The Morgan fingerprint density at radius 3 is 2.00 bits per heavy atom. The van der Waals surface area contributed by atoms with Crippen molar-refractivity contribution in [3.63, 3.8) is 0 Å². The number of aliphatic hydroxyl groups excluding tert-OH is 1. The fourth-order valence-electron chi connectivity index (χ4n) is 0.318. The highest BCUT2D eigenvalue weighted by Crippen LogP contribution is 1.86. The van der Waals surface area contributed by atoms with E-state index < -0.39 is 17.9 Å². The van der Waals surface area contributed by atoms with Crippen molar-refractivity contribution in [2.75, 3.05) is 0 Å². The Labute approximate surface area is 52.1 Å². The Morgan fingerprint density at radius 1 is 1.44 bits per heavy atom. The molecule has 0 saturated carbocycles. The summed E-state index contributed by atoms with van der Waals surface area (Å²) in [7, 11) is 0. The average Bonchev–Trinajstić information content (AvgIpc) is 1.84. The number of ketones is 2. The van der Waals surface area contributed by atoms with E-state index in [0.717, 1.165) is 0 Å². The summed E-state index contributed by atoms with van der Waals surface area (Å²) >= 11 is 0. The van der Waals surface area contributed by atoms with Crippen molar-refractivity contribution in [1.29, 1.82) is 0 Å². The number of rotatable bonds is 3. The second-order valence-electron chi connectivity index (χ2n) is 1.51. The van der Waals surface area contributed by atoms with Crippen LogP contribution in [0.2, 0.25) is 0 Å². The van der Waals surface area contributed by atoms with Crippen LogP contribution in [0.4, 0.5) is 0 Å². The van der Waals surface area contributed by atoms with Gasteiger partial charge in [-0.15, -0.1) is 0 Å². The van der Waals surface area contributed by atoms with Gasteiger partial charge in [-0.1, -0.05) is 6.92 Å². The third-order valence-corrected chi connectivity index (χ3v) is 0.830. The summed E-state index contributed by atoms with van der Waals surface area (Å²) < 4.78 is 0. The minimum absolute atomic E-state index is 0.0104. The van der Waals surface area contributed by atoms with Crippen LogP contribution >= 0.6 is 0 Å². The normalized spacial score (nSPS) is 9.78. The smallest absolute Gasteiger partial charge is 0.253 e. The first-order chi connectivity index (χ1) is 4.09. The van der Waals surface area contributed by atoms with Gasteiger partial charge >= 0.3 is 0 Å². The van der Waals surface area contributed by atoms with Gasteiger partial charge < -0.3 is 10.2 Å². The SMILES string of the molecule is CCC(=O)C(=O)C(O)O. The maximum Gasteiger partial charge on any atom is 0.253 e. The van der Waals surface area contributed by atoms with Gasteiger partial charge in [-0.3, -0.25) is 9.59 Å².